The van der Waals surface area contributed by atoms with Gasteiger partial charge in [0.05, 0.1) is 12.5 Å². The third kappa shape index (κ3) is 2.06. The fourth-order valence-corrected chi connectivity index (χ4v) is 1.55. The summed E-state index contributed by atoms with van der Waals surface area (Å²) in [5, 5.41) is 3.00. The fraction of sp³-hybridized carbons (Fsp3) is 0.778. The normalized spacial score (nSPS) is 22.9. The number of likely N-dealkylation sites (tertiary alicyclic amines) is 1. The average molecular weight is 184 g/mol. The lowest BCUT2D eigenvalue weighted by Crippen LogP contribution is -2.38. The van der Waals surface area contributed by atoms with E-state index in [4.69, 9.17) is 0 Å². The molecule has 1 atom stereocenters. The quantitative estimate of drug-likeness (QED) is 0.632. The molecule has 0 bridgehead atoms. The molecule has 0 saturated carbocycles. The number of amides is 2. The zero-order valence-electron chi connectivity index (χ0n) is 8.17. The summed E-state index contributed by atoms with van der Waals surface area (Å²) < 4.78 is 0. The summed E-state index contributed by atoms with van der Waals surface area (Å²) in [5.41, 5.74) is 0. The van der Waals surface area contributed by atoms with Crippen molar-refractivity contribution in [3.05, 3.63) is 0 Å². The Hall–Kier alpha value is -0.900. The first kappa shape index (κ1) is 10.2. The minimum atomic E-state index is -0.274. The van der Waals surface area contributed by atoms with Gasteiger partial charge in [-0.05, 0) is 13.0 Å². The van der Waals surface area contributed by atoms with Crippen LogP contribution < -0.4 is 5.32 Å². The molecule has 1 saturated heterocycles. The van der Waals surface area contributed by atoms with Crippen molar-refractivity contribution in [3.63, 3.8) is 0 Å². The van der Waals surface area contributed by atoms with Gasteiger partial charge in [0.1, 0.15) is 0 Å². The molecule has 0 aromatic rings. The molecule has 1 N–H and O–H groups in total. The molecule has 1 unspecified atom stereocenters. The first-order valence-electron chi connectivity index (χ1n) is 4.78. The Balaban J connectivity index is 2.58. The van der Waals surface area contributed by atoms with Gasteiger partial charge in [-0.15, -0.1) is 0 Å². The van der Waals surface area contributed by atoms with Crippen molar-refractivity contribution in [1.29, 1.82) is 0 Å². The van der Waals surface area contributed by atoms with Gasteiger partial charge >= 0.3 is 0 Å². The van der Waals surface area contributed by atoms with E-state index in [1.165, 1.54) is 4.90 Å². The summed E-state index contributed by atoms with van der Waals surface area (Å²) in [5.74, 6) is -0.105. The van der Waals surface area contributed by atoms with Crippen molar-refractivity contribution in [2.45, 2.75) is 32.7 Å². The molecular formula is C9H16N2O2. The van der Waals surface area contributed by atoms with Gasteiger partial charge in [-0.2, -0.15) is 0 Å². The molecule has 0 aliphatic carbocycles. The van der Waals surface area contributed by atoms with Crippen LogP contribution in [-0.4, -0.2) is 35.8 Å². The summed E-state index contributed by atoms with van der Waals surface area (Å²) >= 11 is 0. The van der Waals surface area contributed by atoms with Crippen LogP contribution in [0.1, 0.15) is 26.7 Å². The van der Waals surface area contributed by atoms with Crippen molar-refractivity contribution in [2.24, 2.45) is 0 Å². The molecule has 1 heterocycles. The van der Waals surface area contributed by atoms with Crippen molar-refractivity contribution in [3.8, 4) is 0 Å². The zero-order valence-corrected chi connectivity index (χ0v) is 8.17. The Bertz CT molecular complexity index is 216. The molecule has 1 aliphatic heterocycles. The number of nitrogens with one attached hydrogen (secondary N) is 1. The van der Waals surface area contributed by atoms with E-state index in [0.717, 1.165) is 13.0 Å². The van der Waals surface area contributed by atoms with E-state index >= 15 is 0 Å². The predicted octanol–water partition coefficient (Wildman–Crippen LogP) is 0.133. The standard InChI is InChI=1S/C9H16N2O2/c1-3-5-11-8(12)6-7(9(11)13)10-4-2/h7,10H,3-6H2,1-2H3. The van der Waals surface area contributed by atoms with Crippen LogP contribution in [0.2, 0.25) is 0 Å². The maximum absolute atomic E-state index is 11.5. The lowest BCUT2D eigenvalue weighted by molar-refractivity contribution is -0.138. The number of nitrogens with zero attached hydrogens (tertiary/aromatic N) is 1. The minimum absolute atomic E-state index is 0.0437. The van der Waals surface area contributed by atoms with E-state index in [2.05, 4.69) is 5.32 Å². The summed E-state index contributed by atoms with van der Waals surface area (Å²) in [6, 6.07) is -0.274. The summed E-state index contributed by atoms with van der Waals surface area (Å²) in [6.07, 6.45) is 1.16. The van der Waals surface area contributed by atoms with Crippen LogP contribution in [-0.2, 0) is 9.59 Å². The molecule has 1 rings (SSSR count). The second-order valence-electron chi connectivity index (χ2n) is 3.20. The average Bonchev–Trinajstić information content (AvgIpc) is 2.34. The lowest BCUT2D eigenvalue weighted by Gasteiger charge is -2.13. The molecular weight excluding hydrogens is 168 g/mol. The molecule has 1 fully saturated rings. The van der Waals surface area contributed by atoms with Crippen LogP contribution in [0.5, 0.6) is 0 Å². The first-order valence-corrected chi connectivity index (χ1v) is 4.78. The van der Waals surface area contributed by atoms with Crippen LogP contribution in [0.25, 0.3) is 0 Å². The Morgan fingerprint density at radius 1 is 1.46 bits per heavy atom. The van der Waals surface area contributed by atoms with Crippen LogP contribution in [0, 0.1) is 0 Å². The molecule has 74 valence electrons. The Labute approximate surface area is 78.3 Å². The van der Waals surface area contributed by atoms with Gasteiger partial charge in [0.25, 0.3) is 0 Å². The number of hydrogen-bond donors (Lipinski definition) is 1. The van der Waals surface area contributed by atoms with Crippen molar-refractivity contribution >= 4 is 11.8 Å². The molecule has 0 spiro atoms. The van der Waals surface area contributed by atoms with Crippen LogP contribution >= 0.6 is 0 Å². The molecule has 0 radical (unpaired) electrons. The maximum Gasteiger partial charge on any atom is 0.246 e. The fourth-order valence-electron chi connectivity index (χ4n) is 1.55. The van der Waals surface area contributed by atoms with E-state index in [9.17, 15) is 9.59 Å². The topological polar surface area (TPSA) is 49.4 Å². The van der Waals surface area contributed by atoms with Gasteiger partial charge in [-0.1, -0.05) is 13.8 Å². The second-order valence-corrected chi connectivity index (χ2v) is 3.20. The highest BCUT2D eigenvalue weighted by atomic mass is 16.2. The Morgan fingerprint density at radius 2 is 2.15 bits per heavy atom. The second kappa shape index (κ2) is 4.37. The summed E-state index contributed by atoms with van der Waals surface area (Å²) in [4.78, 5) is 24.2. The highest BCUT2D eigenvalue weighted by Crippen LogP contribution is 2.12. The third-order valence-electron chi connectivity index (χ3n) is 2.14. The van der Waals surface area contributed by atoms with E-state index in [1.807, 2.05) is 13.8 Å². The molecule has 4 nitrogen and oxygen atoms in total. The van der Waals surface area contributed by atoms with Crippen molar-refractivity contribution < 1.29 is 9.59 Å². The number of hydrogen-bond acceptors (Lipinski definition) is 3. The number of carbonyl (C=O) groups is 2. The number of carbonyl (C=O) groups excluding carboxylic acids is 2. The van der Waals surface area contributed by atoms with E-state index in [-0.39, 0.29) is 17.9 Å². The lowest BCUT2D eigenvalue weighted by atomic mass is 10.2. The van der Waals surface area contributed by atoms with Crippen LogP contribution in [0.3, 0.4) is 0 Å². The van der Waals surface area contributed by atoms with Gasteiger partial charge in [0.2, 0.25) is 11.8 Å². The summed E-state index contributed by atoms with van der Waals surface area (Å²) in [6.45, 7) is 5.17. The van der Waals surface area contributed by atoms with Gasteiger partial charge in [-0.3, -0.25) is 14.5 Å². The largest absolute Gasteiger partial charge is 0.306 e. The van der Waals surface area contributed by atoms with Crippen molar-refractivity contribution in [2.75, 3.05) is 13.1 Å². The van der Waals surface area contributed by atoms with E-state index in [1.54, 1.807) is 0 Å². The van der Waals surface area contributed by atoms with Gasteiger partial charge in [-0.25, -0.2) is 0 Å². The van der Waals surface area contributed by atoms with E-state index < -0.39 is 0 Å². The number of likely N-dealkylation sites (N-methyl/N-ethyl adjacent to an activating group) is 1. The van der Waals surface area contributed by atoms with Crippen LogP contribution in [0.15, 0.2) is 0 Å². The molecule has 13 heavy (non-hydrogen) atoms. The molecule has 0 aromatic heterocycles. The monoisotopic (exact) mass is 184 g/mol. The van der Waals surface area contributed by atoms with Gasteiger partial charge < -0.3 is 5.32 Å². The molecule has 2 amide bonds. The Morgan fingerprint density at radius 3 is 2.69 bits per heavy atom. The van der Waals surface area contributed by atoms with Crippen LogP contribution in [0.4, 0.5) is 0 Å². The summed E-state index contributed by atoms with van der Waals surface area (Å²) in [7, 11) is 0. The maximum atomic E-state index is 11.5. The molecule has 1 aliphatic rings. The van der Waals surface area contributed by atoms with Gasteiger partial charge in [0, 0.05) is 6.54 Å². The smallest absolute Gasteiger partial charge is 0.246 e. The molecule has 4 heteroatoms. The predicted molar refractivity (Wildman–Crippen MR) is 49.1 cm³/mol. The number of imide groups is 1. The first-order chi connectivity index (χ1) is 6.20. The molecule has 0 aromatic carbocycles. The SMILES string of the molecule is CCCN1C(=O)CC(NCC)C1=O. The van der Waals surface area contributed by atoms with E-state index in [0.29, 0.717) is 13.0 Å². The highest BCUT2D eigenvalue weighted by Gasteiger charge is 2.36. The highest BCUT2D eigenvalue weighted by molar-refractivity contribution is 6.05. The van der Waals surface area contributed by atoms with Gasteiger partial charge in [0.15, 0.2) is 0 Å². The number of rotatable bonds is 4. The van der Waals surface area contributed by atoms with Crippen molar-refractivity contribution in [1.82, 2.24) is 10.2 Å². The third-order valence-corrected chi connectivity index (χ3v) is 2.14. The Kier molecular flexibility index (Phi) is 3.42. The minimum Gasteiger partial charge on any atom is -0.306 e. The zero-order chi connectivity index (χ0) is 9.84.